The molecular weight excluding hydrogens is 304 g/mol. The van der Waals surface area contributed by atoms with Gasteiger partial charge in [-0.1, -0.05) is 6.07 Å². The molecule has 2 amide bonds. The molecule has 0 unspecified atom stereocenters. The second-order valence-electron chi connectivity index (χ2n) is 6.13. The summed E-state index contributed by atoms with van der Waals surface area (Å²) in [5.74, 6) is -0.0528. The second kappa shape index (κ2) is 8.80. The SMILES string of the molecule is CCN(CC)C(=O)c1cccc(NC(=O)CN2CCNC[C@@H]2C)c1. The third kappa shape index (κ3) is 4.79. The standard InChI is InChI=1S/C18H28N4O2/c1-4-21(5-2)18(24)15-7-6-8-16(11-15)20-17(23)13-22-10-9-19-12-14(22)3/h6-8,11,14,19H,4-5,9-10,12-13H2,1-3H3,(H,20,23)/t14-/m0/s1. The number of hydrogen-bond donors (Lipinski definition) is 2. The van der Waals surface area contributed by atoms with Gasteiger partial charge in [0.15, 0.2) is 0 Å². The van der Waals surface area contributed by atoms with Crippen LogP contribution in [-0.4, -0.2) is 66.9 Å². The number of hydrogen-bond acceptors (Lipinski definition) is 4. The van der Waals surface area contributed by atoms with Crippen LogP contribution >= 0.6 is 0 Å². The molecule has 1 atom stereocenters. The van der Waals surface area contributed by atoms with Gasteiger partial charge in [0.25, 0.3) is 5.91 Å². The summed E-state index contributed by atoms with van der Waals surface area (Å²) in [4.78, 5) is 28.6. The van der Waals surface area contributed by atoms with E-state index in [4.69, 9.17) is 0 Å². The number of carbonyl (C=O) groups is 2. The fourth-order valence-electron chi connectivity index (χ4n) is 2.93. The number of amides is 2. The fourth-order valence-corrected chi connectivity index (χ4v) is 2.93. The maximum Gasteiger partial charge on any atom is 0.253 e. The first-order valence-corrected chi connectivity index (χ1v) is 8.69. The van der Waals surface area contributed by atoms with Crippen LogP contribution in [0.3, 0.4) is 0 Å². The van der Waals surface area contributed by atoms with Crippen molar-refractivity contribution in [2.24, 2.45) is 0 Å². The molecule has 0 radical (unpaired) electrons. The average molecular weight is 332 g/mol. The molecule has 1 heterocycles. The smallest absolute Gasteiger partial charge is 0.253 e. The topological polar surface area (TPSA) is 64.7 Å². The van der Waals surface area contributed by atoms with E-state index >= 15 is 0 Å². The third-order valence-electron chi connectivity index (χ3n) is 4.43. The summed E-state index contributed by atoms with van der Waals surface area (Å²) < 4.78 is 0. The highest BCUT2D eigenvalue weighted by Crippen LogP contribution is 2.13. The zero-order chi connectivity index (χ0) is 17.5. The molecule has 0 aromatic heterocycles. The minimum absolute atomic E-state index is 0.00757. The molecule has 132 valence electrons. The fraction of sp³-hybridized carbons (Fsp3) is 0.556. The van der Waals surface area contributed by atoms with Crippen LogP contribution in [0.2, 0.25) is 0 Å². The van der Waals surface area contributed by atoms with Gasteiger partial charge in [0.05, 0.1) is 6.54 Å². The Kier molecular flexibility index (Phi) is 6.75. The first kappa shape index (κ1) is 18.4. The number of nitrogens with zero attached hydrogens (tertiary/aromatic N) is 2. The van der Waals surface area contributed by atoms with Gasteiger partial charge in [-0.25, -0.2) is 0 Å². The molecule has 2 N–H and O–H groups in total. The zero-order valence-corrected chi connectivity index (χ0v) is 14.8. The van der Waals surface area contributed by atoms with Crippen molar-refractivity contribution in [3.63, 3.8) is 0 Å². The molecule has 6 nitrogen and oxygen atoms in total. The van der Waals surface area contributed by atoms with Crippen molar-refractivity contribution in [1.29, 1.82) is 0 Å². The van der Waals surface area contributed by atoms with E-state index in [2.05, 4.69) is 22.5 Å². The van der Waals surface area contributed by atoms with E-state index in [0.29, 0.717) is 36.9 Å². The number of rotatable bonds is 6. The first-order chi connectivity index (χ1) is 11.5. The first-order valence-electron chi connectivity index (χ1n) is 8.69. The molecule has 0 bridgehead atoms. The number of carbonyl (C=O) groups excluding carboxylic acids is 2. The van der Waals surface area contributed by atoms with Crippen molar-refractivity contribution in [3.05, 3.63) is 29.8 Å². The van der Waals surface area contributed by atoms with Gasteiger partial charge >= 0.3 is 0 Å². The summed E-state index contributed by atoms with van der Waals surface area (Å²) in [7, 11) is 0. The quantitative estimate of drug-likeness (QED) is 0.826. The summed E-state index contributed by atoms with van der Waals surface area (Å²) in [5, 5.41) is 6.22. The number of nitrogens with one attached hydrogen (secondary N) is 2. The summed E-state index contributed by atoms with van der Waals surface area (Å²) in [5.41, 5.74) is 1.27. The van der Waals surface area contributed by atoms with Gasteiger partial charge in [0, 0.05) is 50.0 Å². The van der Waals surface area contributed by atoms with Gasteiger partial charge in [-0.05, 0) is 39.0 Å². The van der Waals surface area contributed by atoms with Crippen LogP contribution in [0, 0.1) is 0 Å². The van der Waals surface area contributed by atoms with E-state index in [0.717, 1.165) is 19.6 Å². The van der Waals surface area contributed by atoms with E-state index in [1.54, 1.807) is 23.1 Å². The highest BCUT2D eigenvalue weighted by atomic mass is 16.2. The second-order valence-corrected chi connectivity index (χ2v) is 6.13. The van der Waals surface area contributed by atoms with Crippen molar-refractivity contribution in [1.82, 2.24) is 15.1 Å². The van der Waals surface area contributed by atoms with Crippen molar-refractivity contribution in [3.8, 4) is 0 Å². The van der Waals surface area contributed by atoms with Crippen molar-refractivity contribution in [2.45, 2.75) is 26.8 Å². The van der Waals surface area contributed by atoms with E-state index in [9.17, 15) is 9.59 Å². The van der Waals surface area contributed by atoms with Crippen LogP contribution in [0.25, 0.3) is 0 Å². The number of benzene rings is 1. The lowest BCUT2D eigenvalue weighted by Crippen LogP contribution is -2.51. The zero-order valence-electron chi connectivity index (χ0n) is 14.8. The molecule has 0 saturated carbocycles. The van der Waals surface area contributed by atoms with E-state index < -0.39 is 0 Å². The number of piperazine rings is 1. The Morgan fingerprint density at radius 1 is 1.33 bits per heavy atom. The molecule has 0 aliphatic carbocycles. The number of anilines is 1. The molecule has 1 aromatic carbocycles. The Labute approximate surface area is 144 Å². The molecule has 1 aromatic rings. The molecule has 1 aliphatic rings. The van der Waals surface area contributed by atoms with Gasteiger partial charge in [0.1, 0.15) is 0 Å². The highest BCUT2D eigenvalue weighted by Gasteiger charge is 2.20. The van der Waals surface area contributed by atoms with Crippen LogP contribution in [0.4, 0.5) is 5.69 Å². The normalized spacial score (nSPS) is 18.2. The summed E-state index contributed by atoms with van der Waals surface area (Å²) in [6.07, 6.45) is 0. The third-order valence-corrected chi connectivity index (χ3v) is 4.43. The Bertz CT molecular complexity index is 572. The molecule has 0 spiro atoms. The van der Waals surface area contributed by atoms with Gasteiger partial charge in [0.2, 0.25) is 5.91 Å². The van der Waals surface area contributed by atoms with Crippen LogP contribution in [-0.2, 0) is 4.79 Å². The summed E-state index contributed by atoms with van der Waals surface area (Å²) in [6.45, 7) is 10.4. The average Bonchev–Trinajstić information content (AvgIpc) is 2.58. The lowest BCUT2D eigenvalue weighted by atomic mass is 10.1. The molecule has 24 heavy (non-hydrogen) atoms. The molecule has 1 fully saturated rings. The predicted molar refractivity (Wildman–Crippen MR) is 96.2 cm³/mol. The van der Waals surface area contributed by atoms with Gasteiger partial charge in [-0.2, -0.15) is 0 Å². The van der Waals surface area contributed by atoms with Crippen molar-refractivity contribution >= 4 is 17.5 Å². The molecule has 6 heteroatoms. The molecule has 2 rings (SSSR count). The Morgan fingerprint density at radius 2 is 2.08 bits per heavy atom. The minimum atomic E-state index is -0.0452. The maximum absolute atomic E-state index is 12.4. The van der Waals surface area contributed by atoms with Gasteiger partial charge in [-0.3, -0.25) is 14.5 Å². The molecule has 1 aliphatic heterocycles. The van der Waals surface area contributed by atoms with E-state index in [-0.39, 0.29) is 11.8 Å². The lowest BCUT2D eigenvalue weighted by molar-refractivity contribution is -0.118. The van der Waals surface area contributed by atoms with Crippen LogP contribution < -0.4 is 10.6 Å². The Morgan fingerprint density at radius 3 is 2.75 bits per heavy atom. The predicted octanol–water partition coefficient (Wildman–Crippen LogP) is 1.40. The van der Waals surface area contributed by atoms with Crippen LogP contribution in [0.1, 0.15) is 31.1 Å². The monoisotopic (exact) mass is 332 g/mol. The lowest BCUT2D eigenvalue weighted by Gasteiger charge is -2.33. The summed E-state index contributed by atoms with van der Waals surface area (Å²) >= 11 is 0. The van der Waals surface area contributed by atoms with Gasteiger partial charge < -0.3 is 15.5 Å². The van der Waals surface area contributed by atoms with Gasteiger partial charge in [-0.15, -0.1) is 0 Å². The minimum Gasteiger partial charge on any atom is -0.339 e. The summed E-state index contributed by atoms with van der Waals surface area (Å²) in [6, 6.07) is 7.51. The van der Waals surface area contributed by atoms with E-state index in [1.165, 1.54) is 0 Å². The Balaban J connectivity index is 1.98. The molecule has 1 saturated heterocycles. The van der Waals surface area contributed by atoms with E-state index in [1.807, 2.05) is 19.9 Å². The van der Waals surface area contributed by atoms with Crippen LogP contribution in [0.15, 0.2) is 24.3 Å². The highest BCUT2D eigenvalue weighted by molar-refractivity contribution is 5.97. The largest absolute Gasteiger partial charge is 0.339 e. The Hall–Kier alpha value is -1.92. The van der Waals surface area contributed by atoms with Crippen molar-refractivity contribution < 1.29 is 9.59 Å². The maximum atomic E-state index is 12.4. The van der Waals surface area contributed by atoms with Crippen LogP contribution in [0.5, 0.6) is 0 Å². The van der Waals surface area contributed by atoms with Crippen molar-refractivity contribution in [2.75, 3.05) is 44.6 Å². The molecular formula is C18H28N4O2.